The number of halogens is 2. The second-order valence-electron chi connectivity index (χ2n) is 4.57. The van der Waals surface area contributed by atoms with E-state index in [1.165, 1.54) is 5.56 Å². The minimum Gasteiger partial charge on any atom is -0.0843 e. The summed E-state index contributed by atoms with van der Waals surface area (Å²) in [4.78, 5) is 0. The average molecular weight is 299 g/mol. The first-order valence-electron chi connectivity index (χ1n) is 6.35. The molecule has 0 aromatic heterocycles. The van der Waals surface area contributed by atoms with E-state index in [1.54, 1.807) is 0 Å². The summed E-state index contributed by atoms with van der Waals surface area (Å²) in [6.07, 6.45) is 0. The van der Waals surface area contributed by atoms with Gasteiger partial charge in [-0.1, -0.05) is 71.7 Å². The molecule has 0 aliphatic rings. The van der Waals surface area contributed by atoms with Gasteiger partial charge in [0.25, 0.3) is 0 Å². The summed E-state index contributed by atoms with van der Waals surface area (Å²) in [6.45, 7) is 0. The summed E-state index contributed by atoms with van der Waals surface area (Å²) in [5.74, 6) is 0. The Balaban J connectivity index is 2.22. The quantitative estimate of drug-likeness (QED) is 0.519. The predicted molar refractivity (Wildman–Crippen MR) is 87.3 cm³/mol. The highest BCUT2D eigenvalue weighted by Crippen LogP contribution is 2.35. The van der Waals surface area contributed by atoms with Crippen LogP contribution in [-0.4, -0.2) is 0 Å². The largest absolute Gasteiger partial charge is 0.0843 e. The molecular formula is C18H12Cl2. The monoisotopic (exact) mass is 298 g/mol. The van der Waals surface area contributed by atoms with Crippen LogP contribution < -0.4 is 0 Å². The van der Waals surface area contributed by atoms with Gasteiger partial charge >= 0.3 is 0 Å². The van der Waals surface area contributed by atoms with Gasteiger partial charge in [-0.15, -0.1) is 0 Å². The zero-order valence-corrected chi connectivity index (χ0v) is 12.2. The van der Waals surface area contributed by atoms with E-state index in [1.807, 2.05) is 60.7 Å². The van der Waals surface area contributed by atoms with Crippen LogP contribution in [0.2, 0.25) is 10.0 Å². The van der Waals surface area contributed by atoms with E-state index in [4.69, 9.17) is 23.2 Å². The third-order valence-electron chi connectivity index (χ3n) is 3.20. The Morgan fingerprint density at radius 2 is 1.20 bits per heavy atom. The van der Waals surface area contributed by atoms with Gasteiger partial charge in [0.2, 0.25) is 0 Å². The fraction of sp³-hybridized carbons (Fsp3) is 0. The molecule has 0 saturated carbocycles. The van der Waals surface area contributed by atoms with Crippen molar-refractivity contribution >= 4 is 23.2 Å². The molecule has 0 heterocycles. The molecule has 0 fully saturated rings. The number of benzene rings is 3. The van der Waals surface area contributed by atoms with Crippen LogP contribution >= 0.6 is 23.2 Å². The van der Waals surface area contributed by atoms with Crippen LogP contribution in [-0.2, 0) is 0 Å². The first kappa shape index (κ1) is 13.2. The topological polar surface area (TPSA) is 0 Å². The van der Waals surface area contributed by atoms with Crippen molar-refractivity contribution in [3.8, 4) is 22.3 Å². The molecule has 0 bridgehead atoms. The van der Waals surface area contributed by atoms with Crippen LogP contribution in [0.15, 0.2) is 72.8 Å². The van der Waals surface area contributed by atoms with Gasteiger partial charge in [-0.3, -0.25) is 0 Å². The molecular weight excluding hydrogens is 287 g/mol. The summed E-state index contributed by atoms with van der Waals surface area (Å²) in [6, 6.07) is 24.0. The first-order chi connectivity index (χ1) is 9.74. The molecule has 3 rings (SSSR count). The van der Waals surface area contributed by atoms with Crippen LogP contribution in [0.25, 0.3) is 22.3 Å². The molecule has 0 radical (unpaired) electrons. The lowest BCUT2D eigenvalue weighted by Crippen LogP contribution is -1.85. The maximum atomic E-state index is 6.16. The fourth-order valence-corrected chi connectivity index (χ4v) is 2.64. The molecule has 0 N–H and O–H groups in total. The van der Waals surface area contributed by atoms with Gasteiger partial charge < -0.3 is 0 Å². The third kappa shape index (κ3) is 2.72. The van der Waals surface area contributed by atoms with Crippen molar-refractivity contribution in [2.75, 3.05) is 0 Å². The third-order valence-corrected chi connectivity index (χ3v) is 3.67. The van der Waals surface area contributed by atoms with Crippen molar-refractivity contribution in [3.63, 3.8) is 0 Å². The summed E-state index contributed by atoms with van der Waals surface area (Å²) in [7, 11) is 0. The molecule has 0 saturated heterocycles. The van der Waals surface area contributed by atoms with E-state index in [0.717, 1.165) is 26.7 Å². The lowest BCUT2D eigenvalue weighted by atomic mass is 9.95. The van der Waals surface area contributed by atoms with Crippen LogP contribution in [0.5, 0.6) is 0 Å². The van der Waals surface area contributed by atoms with Gasteiger partial charge in [0.15, 0.2) is 0 Å². The average Bonchev–Trinajstić information content (AvgIpc) is 2.48. The van der Waals surface area contributed by atoms with E-state index in [0.29, 0.717) is 0 Å². The van der Waals surface area contributed by atoms with E-state index < -0.39 is 0 Å². The molecule has 0 atom stereocenters. The number of hydrogen-bond acceptors (Lipinski definition) is 0. The number of hydrogen-bond donors (Lipinski definition) is 0. The summed E-state index contributed by atoms with van der Waals surface area (Å²) >= 11 is 12.3. The van der Waals surface area contributed by atoms with Gasteiger partial charge in [0, 0.05) is 10.0 Å². The molecule has 0 nitrogen and oxygen atoms in total. The highest BCUT2D eigenvalue weighted by Gasteiger charge is 2.08. The van der Waals surface area contributed by atoms with Crippen molar-refractivity contribution in [1.29, 1.82) is 0 Å². The molecule has 0 spiro atoms. The first-order valence-corrected chi connectivity index (χ1v) is 7.10. The molecule has 2 heteroatoms. The smallest absolute Gasteiger partial charge is 0.0412 e. The van der Waals surface area contributed by atoms with Crippen LogP contribution in [0, 0.1) is 0 Å². The van der Waals surface area contributed by atoms with Gasteiger partial charge in [-0.2, -0.15) is 0 Å². The SMILES string of the molecule is Clc1cccc(-c2cc(Cl)ccc2-c2ccccc2)c1. The molecule has 0 amide bonds. The van der Waals surface area contributed by atoms with E-state index >= 15 is 0 Å². The predicted octanol–water partition coefficient (Wildman–Crippen LogP) is 6.33. The minimum atomic E-state index is 0.722. The Labute approximate surface area is 128 Å². The summed E-state index contributed by atoms with van der Waals surface area (Å²) in [5.41, 5.74) is 4.47. The minimum absolute atomic E-state index is 0.722. The zero-order chi connectivity index (χ0) is 13.9. The van der Waals surface area contributed by atoms with Crippen molar-refractivity contribution in [1.82, 2.24) is 0 Å². The second kappa shape index (κ2) is 5.70. The normalized spacial score (nSPS) is 10.5. The van der Waals surface area contributed by atoms with Crippen molar-refractivity contribution in [3.05, 3.63) is 82.8 Å². The van der Waals surface area contributed by atoms with Crippen molar-refractivity contribution in [2.24, 2.45) is 0 Å². The summed E-state index contributed by atoms with van der Waals surface area (Å²) < 4.78 is 0. The molecule has 20 heavy (non-hydrogen) atoms. The van der Waals surface area contributed by atoms with Crippen molar-refractivity contribution < 1.29 is 0 Å². The fourth-order valence-electron chi connectivity index (χ4n) is 2.28. The maximum absolute atomic E-state index is 6.16. The van der Waals surface area contributed by atoms with Crippen molar-refractivity contribution in [2.45, 2.75) is 0 Å². The van der Waals surface area contributed by atoms with E-state index in [2.05, 4.69) is 12.1 Å². The zero-order valence-electron chi connectivity index (χ0n) is 10.7. The van der Waals surface area contributed by atoms with Gasteiger partial charge in [-0.25, -0.2) is 0 Å². The van der Waals surface area contributed by atoms with Crippen LogP contribution in [0.3, 0.4) is 0 Å². The summed E-state index contributed by atoms with van der Waals surface area (Å²) in [5, 5.41) is 1.45. The van der Waals surface area contributed by atoms with E-state index in [9.17, 15) is 0 Å². The second-order valence-corrected chi connectivity index (χ2v) is 5.44. The molecule has 0 unspecified atom stereocenters. The van der Waals surface area contributed by atoms with Crippen LogP contribution in [0.1, 0.15) is 0 Å². The number of rotatable bonds is 2. The standard InChI is InChI=1S/C18H12Cl2/c19-15-8-4-7-14(11-15)18-12-16(20)9-10-17(18)13-5-2-1-3-6-13/h1-12H. The molecule has 0 aliphatic heterocycles. The molecule has 3 aromatic rings. The Morgan fingerprint density at radius 1 is 0.500 bits per heavy atom. The Hall–Kier alpha value is -1.76. The van der Waals surface area contributed by atoms with E-state index in [-0.39, 0.29) is 0 Å². The van der Waals surface area contributed by atoms with Gasteiger partial charge in [-0.05, 0) is 46.5 Å². The molecule has 0 aliphatic carbocycles. The van der Waals surface area contributed by atoms with Gasteiger partial charge in [0.1, 0.15) is 0 Å². The highest BCUT2D eigenvalue weighted by molar-refractivity contribution is 6.31. The van der Waals surface area contributed by atoms with Gasteiger partial charge in [0.05, 0.1) is 0 Å². The molecule has 98 valence electrons. The maximum Gasteiger partial charge on any atom is 0.0412 e. The van der Waals surface area contributed by atoms with Crippen LogP contribution in [0.4, 0.5) is 0 Å². The Bertz CT molecular complexity index is 733. The lowest BCUT2D eigenvalue weighted by Gasteiger charge is -2.11. The Kier molecular flexibility index (Phi) is 3.77. The lowest BCUT2D eigenvalue weighted by molar-refractivity contribution is 1.58. The highest BCUT2D eigenvalue weighted by atomic mass is 35.5. The Morgan fingerprint density at radius 3 is 1.95 bits per heavy atom. The molecule has 3 aromatic carbocycles.